The van der Waals surface area contributed by atoms with Crippen molar-refractivity contribution in [2.75, 3.05) is 5.32 Å². The van der Waals surface area contributed by atoms with E-state index in [1.807, 2.05) is 6.07 Å². The lowest BCUT2D eigenvalue weighted by Crippen LogP contribution is -2.32. The van der Waals surface area contributed by atoms with Crippen molar-refractivity contribution in [2.24, 2.45) is 0 Å². The van der Waals surface area contributed by atoms with Crippen LogP contribution in [-0.4, -0.2) is 22.8 Å². The minimum atomic E-state index is -0.352. The van der Waals surface area contributed by atoms with Gasteiger partial charge < -0.3 is 14.6 Å². The lowest BCUT2D eigenvalue weighted by molar-refractivity contribution is 0.0729. The number of hydrogen-bond acceptors (Lipinski definition) is 3. The van der Waals surface area contributed by atoms with Gasteiger partial charge >= 0.3 is 0 Å². The molecule has 1 aromatic heterocycles. The zero-order valence-corrected chi connectivity index (χ0v) is 15.1. The molecule has 1 heterocycles. The van der Waals surface area contributed by atoms with E-state index in [-0.39, 0.29) is 29.4 Å². The Morgan fingerprint density at radius 3 is 2.50 bits per heavy atom. The van der Waals surface area contributed by atoms with Crippen LogP contribution in [0.3, 0.4) is 0 Å². The molecule has 6 heteroatoms. The van der Waals surface area contributed by atoms with E-state index in [9.17, 15) is 14.0 Å². The highest BCUT2D eigenvalue weighted by Crippen LogP contribution is 2.30. The van der Waals surface area contributed by atoms with E-state index in [4.69, 9.17) is 4.42 Å². The smallest absolute Gasteiger partial charge is 0.291 e. The van der Waals surface area contributed by atoms with Crippen molar-refractivity contribution in [3.63, 3.8) is 0 Å². The van der Waals surface area contributed by atoms with Crippen molar-refractivity contribution >= 4 is 17.5 Å². The third kappa shape index (κ3) is 4.11. The number of anilines is 1. The molecule has 0 unspecified atom stereocenters. The summed E-state index contributed by atoms with van der Waals surface area (Å²) in [7, 11) is 0. The maximum atomic E-state index is 13.5. The van der Waals surface area contributed by atoms with Crippen LogP contribution in [-0.2, 0) is 6.54 Å². The first kappa shape index (κ1) is 18.0. The van der Waals surface area contributed by atoms with Gasteiger partial charge in [-0.05, 0) is 66.9 Å². The molecule has 2 amide bonds. The molecule has 0 aliphatic heterocycles. The van der Waals surface area contributed by atoms with Gasteiger partial charge in [0.05, 0.1) is 6.26 Å². The summed E-state index contributed by atoms with van der Waals surface area (Å²) in [5.74, 6) is -0.544. The van der Waals surface area contributed by atoms with E-state index in [2.05, 4.69) is 5.32 Å². The number of carbonyl (C=O) groups excluding carboxylic acids is 2. The molecule has 1 saturated carbocycles. The van der Waals surface area contributed by atoms with Gasteiger partial charge in [-0.1, -0.05) is 12.1 Å². The SMILES string of the molecule is O=C(Nc1ccc(C(=O)N(Cc2cccc(F)c2)C2CC2)cc1)c1ccco1. The number of hydrogen-bond donors (Lipinski definition) is 1. The molecule has 1 aliphatic carbocycles. The van der Waals surface area contributed by atoms with Gasteiger partial charge in [-0.3, -0.25) is 9.59 Å². The maximum Gasteiger partial charge on any atom is 0.291 e. The second-order valence-corrected chi connectivity index (χ2v) is 6.80. The molecule has 0 bridgehead atoms. The summed E-state index contributed by atoms with van der Waals surface area (Å²) in [6.07, 6.45) is 3.35. The lowest BCUT2D eigenvalue weighted by atomic mass is 10.1. The zero-order valence-electron chi connectivity index (χ0n) is 15.1. The van der Waals surface area contributed by atoms with Gasteiger partial charge in [0, 0.05) is 23.8 Å². The normalized spacial score (nSPS) is 13.2. The number of halogens is 1. The quantitative estimate of drug-likeness (QED) is 0.688. The molecule has 0 radical (unpaired) electrons. The first-order chi connectivity index (χ1) is 13.6. The molecule has 0 saturated heterocycles. The van der Waals surface area contributed by atoms with Crippen LogP contribution in [0.5, 0.6) is 0 Å². The first-order valence-electron chi connectivity index (χ1n) is 9.10. The first-order valence-corrected chi connectivity index (χ1v) is 9.10. The van der Waals surface area contributed by atoms with Crippen LogP contribution in [0.15, 0.2) is 71.3 Å². The van der Waals surface area contributed by atoms with E-state index < -0.39 is 0 Å². The Morgan fingerprint density at radius 2 is 1.86 bits per heavy atom. The fraction of sp³-hybridized carbons (Fsp3) is 0.182. The van der Waals surface area contributed by atoms with E-state index in [1.165, 1.54) is 18.4 Å². The highest BCUT2D eigenvalue weighted by molar-refractivity contribution is 6.02. The van der Waals surface area contributed by atoms with E-state index >= 15 is 0 Å². The maximum absolute atomic E-state index is 13.5. The number of carbonyl (C=O) groups is 2. The van der Waals surface area contributed by atoms with Crippen molar-refractivity contribution in [1.82, 2.24) is 4.90 Å². The molecule has 1 aliphatic rings. The van der Waals surface area contributed by atoms with Crippen LogP contribution < -0.4 is 5.32 Å². The average molecular weight is 378 g/mol. The van der Waals surface area contributed by atoms with Crippen molar-refractivity contribution in [3.05, 3.63) is 89.6 Å². The average Bonchev–Trinajstić information content (AvgIpc) is 3.38. The highest BCUT2D eigenvalue weighted by Gasteiger charge is 2.33. The summed E-state index contributed by atoms with van der Waals surface area (Å²) in [6.45, 7) is 0.373. The fourth-order valence-corrected chi connectivity index (χ4v) is 3.05. The van der Waals surface area contributed by atoms with E-state index in [0.717, 1.165) is 18.4 Å². The van der Waals surface area contributed by atoms with Crippen molar-refractivity contribution in [3.8, 4) is 0 Å². The molecule has 1 fully saturated rings. The van der Waals surface area contributed by atoms with Gasteiger partial charge in [-0.2, -0.15) is 0 Å². The lowest BCUT2D eigenvalue weighted by Gasteiger charge is -2.23. The van der Waals surface area contributed by atoms with Crippen molar-refractivity contribution in [2.45, 2.75) is 25.4 Å². The molecule has 0 spiro atoms. The molecule has 0 atom stereocenters. The van der Waals surface area contributed by atoms with Gasteiger partial charge in [-0.25, -0.2) is 4.39 Å². The van der Waals surface area contributed by atoms with Gasteiger partial charge in [0.1, 0.15) is 5.82 Å². The number of nitrogens with zero attached hydrogens (tertiary/aromatic N) is 1. The second-order valence-electron chi connectivity index (χ2n) is 6.80. The fourth-order valence-electron chi connectivity index (χ4n) is 3.05. The molecule has 4 rings (SSSR count). The molecular formula is C22H19FN2O3. The summed E-state index contributed by atoms with van der Waals surface area (Å²) in [5.41, 5.74) is 1.86. The van der Waals surface area contributed by atoms with Gasteiger partial charge in [-0.15, -0.1) is 0 Å². The largest absolute Gasteiger partial charge is 0.459 e. The summed E-state index contributed by atoms with van der Waals surface area (Å²) >= 11 is 0. The Bertz CT molecular complexity index is 979. The van der Waals surface area contributed by atoms with Gasteiger partial charge in [0.2, 0.25) is 0 Å². The summed E-state index contributed by atoms with van der Waals surface area (Å²) in [5, 5.41) is 2.72. The van der Waals surface area contributed by atoms with Crippen LogP contribution in [0.4, 0.5) is 10.1 Å². The molecule has 5 nitrogen and oxygen atoms in total. The number of nitrogens with one attached hydrogen (secondary N) is 1. The minimum absolute atomic E-state index is 0.101. The van der Waals surface area contributed by atoms with Crippen LogP contribution in [0.2, 0.25) is 0 Å². The third-order valence-electron chi connectivity index (χ3n) is 4.63. The Morgan fingerprint density at radius 1 is 1.07 bits per heavy atom. The van der Waals surface area contributed by atoms with Crippen molar-refractivity contribution < 1.29 is 18.4 Å². The highest BCUT2D eigenvalue weighted by atomic mass is 19.1. The Hall–Kier alpha value is -3.41. The predicted molar refractivity (Wildman–Crippen MR) is 102 cm³/mol. The van der Waals surface area contributed by atoms with Gasteiger partial charge in [0.25, 0.3) is 11.8 Å². The Labute approximate surface area is 161 Å². The minimum Gasteiger partial charge on any atom is -0.459 e. The number of rotatable bonds is 6. The van der Waals surface area contributed by atoms with Crippen LogP contribution in [0.25, 0.3) is 0 Å². The van der Waals surface area contributed by atoms with Crippen molar-refractivity contribution in [1.29, 1.82) is 0 Å². The molecular weight excluding hydrogens is 359 g/mol. The third-order valence-corrected chi connectivity index (χ3v) is 4.63. The summed E-state index contributed by atoms with van der Waals surface area (Å²) in [6, 6.07) is 16.4. The predicted octanol–water partition coefficient (Wildman–Crippen LogP) is 4.48. The second kappa shape index (κ2) is 7.68. The summed E-state index contributed by atoms with van der Waals surface area (Å²) in [4.78, 5) is 26.8. The monoisotopic (exact) mass is 378 g/mol. The van der Waals surface area contributed by atoms with Crippen LogP contribution in [0.1, 0.15) is 39.3 Å². The number of benzene rings is 2. The van der Waals surface area contributed by atoms with Gasteiger partial charge in [0.15, 0.2) is 5.76 Å². The topological polar surface area (TPSA) is 62.6 Å². The molecule has 142 valence electrons. The number of furan rings is 1. The summed E-state index contributed by atoms with van der Waals surface area (Å²) < 4.78 is 18.5. The van der Waals surface area contributed by atoms with E-state index in [1.54, 1.807) is 47.4 Å². The van der Waals surface area contributed by atoms with Crippen LogP contribution in [0, 0.1) is 5.82 Å². The molecule has 3 aromatic rings. The molecule has 28 heavy (non-hydrogen) atoms. The number of amides is 2. The molecule has 1 N–H and O–H groups in total. The zero-order chi connectivity index (χ0) is 19.5. The van der Waals surface area contributed by atoms with E-state index in [0.29, 0.717) is 17.8 Å². The Kier molecular flexibility index (Phi) is 4.93. The standard InChI is InChI=1S/C22H19FN2O3/c23-17-4-1-3-15(13-17)14-25(19-10-11-19)22(27)16-6-8-18(9-7-16)24-21(26)20-5-2-12-28-20/h1-9,12-13,19H,10-11,14H2,(H,24,26). The molecule has 2 aromatic carbocycles. The Balaban J connectivity index is 1.46. The van der Waals surface area contributed by atoms with Crippen LogP contribution >= 0.6 is 0 Å².